The van der Waals surface area contributed by atoms with Crippen molar-refractivity contribution >= 4 is 11.8 Å². The molecule has 0 aromatic heterocycles. The van der Waals surface area contributed by atoms with E-state index in [0.29, 0.717) is 25.4 Å². The SMILES string of the molecule is Cc1cccc(CC(=O)N(Cc2ccccc2C)[C@@H](Cc2ccccc2)C(=O)NCC(C)C)c1. The minimum Gasteiger partial charge on any atom is -0.354 e. The summed E-state index contributed by atoms with van der Waals surface area (Å²) < 4.78 is 0. The van der Waals surface area contributed by atoms with Gasteiger partial charge in [0.2, 0.25) is 11.8 Å². The van der Waals surface area contributed by atoms with Crippen molar-refractivity contribution in [1.29, 1.82) is 0 Å². The Morgan fingerprint density at radius 3 is 2.21 bits per heavy atom. The highest BCUT2D eigenvalue weighted by atomic mass is 16.2. The van der Waals surface area contributed by atoms with E-state index in [1.165, 1.54) is 0 Å². The average molecular weight is 457 g/mol. The van der Waals surface area contributed by atoms with E-state index in [0.717, 1.165) is 27.8 Å². The van der Waals surface area contributed by atoms with E-state index < -0.39 is 6.04 Å². The van der Waals surface area contributed by atoms with Crippen LogP contribution < -0.4 is 5.32 Å². The van der Waals surface area contributed by atoms with Crippen LogP contribution in [0.25, 0.3) is 0 Å². The second-order valence-electron chi connectivity index (χ2n) is 9.46. The molecule has 0 fully saturated rings. The van der Waals surface area contributed by atoms with Gasteiger partial charge in [-0.05, 0) is 42.0 Å². The third-order valence-corrected chi connectivity index (χ3v) is 6.00. The van der Waals surface area contributed by atoms with Gasteiger partial charge in [0.1, 0.15) is 6.04 Å². The van der Waals surface area contributed by atoms with Crippen LogP contribution >= 0.6 is 0 Å². The molecule has 0 saturated carbocycles. The van der Waals surface area contributed by atoms with Gasteiger partial charge in [0, 0.05) is 19.5 Å². The van der Waals surface area contributed by atoms with Gasteiger partial charge in [-0.1, -0.05) is 98.3 Å². The molecule has 3 rings (SSSR count). The fourth-order valence-corrected chi connectivity index (χ4v) is 4.05. The summed E-state index contributed by atoms with van der Waals surface area (Å²) in [6, 6.07) is 25.4. The third-order valence-electron chi connectivity index (χ3n) is 6.00. The van der Waals surface area contributed by atoms with Crippen LogP contribution in [0.15, 0.2) is 78.9 Å². The Kier molecular flexibility index (Phi) is 9.03. The zero-order valence-electron chi connectivity index (χ0n) is 20.8. The van der Waals surface area contributed by atoms with Gasteiger partial charge >= 0.3 is 0 Å². The van der Waals surface area contributed by atoms with E-state index in [2.05, 4.69) is 19.2 Å². The van der Waals surface area contributed by atoms with Crippen LogP contribution in [0.1, 0.15) is 41.7 Å². The molecule has 4 heteroatoms. The number of hydrogen-bond donors (Lipinski definition) is 1. The molecule has 0 aliphatic heterocycles. The lowest BCUT2D eigenvalue weighted by atomic mass is 10.00. The Morgan fingerprint density at radius 2 is 1.53 bits per heavy atom. The molecule has 1 atom stereocenters. The molecule has 1 N–H and O–H groups in total. The predicted octanol–water partition coefficient (Wildman–Crippen LogP) is 5.26. The fourth-order valence-electron chi connectivity index (χ4n) is 4.05. The number of hydrogen-bond acceptors (Lipinski definition) is 2. The second-order valence-corrected chi connectivity index (χ2v) is 9.46. The van der Waals surface area contributed by atoms with Crippen molar-refractivity contribution < 1.29 is 9.59 Å². The van der Waals surface area contributed by atoms with Gasteiger partial charge in [-0.2, -0.15) is 0 Å². The number of nitrogens with one attached hydrogen (secondary N) is 1. The van der Waals surface area contributed by atoms with Gasteiger partial charge in [0.05, 0.1) is 6.42 Å². The zero-order chi connectivity index (χ0) is 24.5. The molecule has 0 heterocycles. The van der Waals surface area contributed by atoms with Crippen molar-refractivity contribution in [2.75, 3.05) is 6.54 Å². The molecule has 0 radical (unpaired) electrons. The smallest absolute Gasteiger partial charge is 0.243 e. The summed E-state index contributed by atoms with van der Waals surface area (Å²) in [7, 11) is 0. The van der Waals surface area contributed by atoms with Gasteiger partial charge in [-0.3, -0.25) is 9.59 Å². The molecular weight excluding hydrogens is 420 g/mol. The normalized spacial score (nSPS) is 11.8. The lowest BCUT2D eigenvalue weighted by molar-refractivity contribution is -0.140. The van der Waals surface area contributed by atoms with E-state index in [1.807, 2.05) is 92.7 Å². The molecule has 0 bridgehead atoms. The molecule has 34 heavy (non-hydrogen) atoms. The number of benzene rings is 3. The molecule has 3 aromatic rings. The highest BCUT2D eigenvalue weighted by Gasteiger charge is 2.30. The summed E-state index contributed by atoms with van der Waals surface area (Å²) in [6.07, 6.45) is 0.729. The van der Waals surface area contributed by atoms with E-state index in [-0.39, 0.29) is 18.2 Å². The van der Waals surface area contributed by atoms with E-state index in [9.17, 15) is 9.59 Å². The third kappa shape index (κ3) is 7.31. The Morgan fingerprint density at radius 1 is 0.853 bits per heavy atom. The molecule has 2 amide bonds. The van der Waals surface area contributed by atoms with Gasteiger partial charge < -0.3 is 10.2 Å². The Labute approximate surface area is 204 Å². The summed E-state index contributed by atoms with van der Waals surface area (Å²) in [5.74, 6) is 0.173. The highest BCUT2D eigenvalue weighted by molar-refractivity contribution is 5.88. The quantitative estimate of drug-likeness (QED) is 0.452. The molecule has 4 nitrogen and oxygen atoms in total. The first kappa shape index (κ1) is 25.2. The maximum absolute atomic E-state index is 13.8. The molecule has 0 aliphatic carbocycles. The van der Waals surface area contributed by atoms with Gasteiger partial charge in [0.15, 0.2) is 0 Å². The number of aryl methyl sites for hydroxylation is 2. The summed E-state index contributed by atoms with van der Waals surface area (Å²) >= 11 is 0. The number of rotatable bonds is 10. The summed E-state index contributed by atoms with van der Waals surface area (Å²) in [6.45, 7) is 9.18. The fraction of sp³-hybridized carbons (Fsp3) is 0.333. The van der Waals surface area contributed by atoms with Gasteiger partial charge in [0.25, 0.3) is 0 Å². The standard InChI is InChI=1S/C30H36N2O2/c1-22(2)20-31-30(34)28(18-25-13-6-5-7-14-25)32(21-27-16-9-8-12-24(27)4)29(33)19-26-15-10-11-23(3)17-26/h5-17,22,28H,18-21H2,1-4H3,(H,31,34)/t28-/m0/s1. The minimum absolute atomic E-state index is 0.0468. The van der Waals surface area contributed by atoms with Crippen LogP contribution in [0.5, 0.6) is 0 Å². The largest absolute Gasteiger partial charge is 0.354 e. The van der Waals surface area contributed by atoms with Crippen molar-refractivity contribution in [1.82, 2.24) is 10.2 Å². The predicted molar refractivity (Wildman–Crippen MR) is 138 cm³/mol. The van der Waals surface area contributed by atoms with Crippen LogP contribution in [0.4, 0.5) is 0 Å². The Hall–Kier alpha value is -3.40. The topological polar surface area (TPSA) is 49.4 Å². The monoisotopic (exact) mass is 456 g/mol. The summed E-state index contributed by atoms with van der Waals surface area (Å²) in [5.41, 5.74) is 5.27. The number of carbonyl (C=O) groups excluding carboxylic acids is 2. The van der Waals surface area contributed by atoms with Crippen LogP contribution in [-0.2, 0) is 29.0 Å². The van der Waals surface area contributed by atoms with E-state index >= 15 is 0 Å². The lowest BCUT2D eigenvalue weighted by Crippen LogP contribution is -2.51. The maximum atomic E-state index is 13.8. The van der Waals surface area contributed by atoms with Crippen molar-refractivity contribution in [3.63, 3.8) is 0 Å². The van der Waals surface area contributed by atoms with Gasteiger partial charge in [-0.15, -0.1) is 0 Å². The van der Waals surface area contributed by atoms with Crippen LogP contribution in [0.3, 0.4) is 0 Å². The molecule has 3 aromatic carbocycles. The molecule has 0 saturated heterocycles. The van der Waals surface area contributed by atoms with Crippen molar-refractivity contribution in [3.8, 4) is 0 Å². The number of carbonyl (C=O) groups is 2. The molecule has 0 spiro atoms. The first-order valence-electron chi connectivity index (χ1n) is 12.0. The lowest BCUT2D eigenvalue weighted by Gasteiger charge is -2.32. The first-order valence-corrected chi connectivity index (χ1v) is 12.0. The summed E-state index contributed by atoms with van der Waals surface area (Å²) in [4.78, 5) is 29.0. The zero-order valence-corrected chi connectivity index (χ0v) is 20.8. The van der Waals surface area contributed by atoms with E-state index in [4.69, 9.17) is 0 Å². The second kappa shape index (κ2) is 12.2. The van der Waals surface area contributed by atoms with Crippen molar-refractivity contribution in [2.45, 2.75) is 53.1 Å². The van der Waals surface area contributed by atoms with Crippen molar-refractivity contribution in [3.05, 3.63) is 107 Å². The van der Waals surface area contributed by atoms with Crippen LogP contribution in [0.2, 0.25) is 0 Å². The molecule has 0 aliphatic rings. The number of amides is 2. The van der Waals surface area contributed by atoms with Crippen molar-refractivity contribution in [2.24, 2.45) is 5.92 Å². The Balaban J connectivity index is 1.97. The summed E-state index contributed by atoms with van der Waals surface area (Å²) in [5, 5.41) is 3.08. The van der Waals surface area contributed by atoms with E-state index in [1.54, 1.807) is 4.90 Å². The van der Waals surface area contributed by atoms with Gasteiger partial charge in [-0.25, -0.2) is 0 Å². The Bertz CT molecular complexity index is 1090. The van der Waals surface area contributed by atoms with Crippen LogP contribution in [-0.4, -0.2) is 29.3 Å². The maximum Gasteiger partial charge on any atom is 0.243 e. The first-order chi connectivity index (χ1) is 16.3. The molecule has 0 unspecified atom stereocenters. The van der Waals surface area contributed by atoms with Crippen LogP contribution in [0, 0.1) is 19.8 Å². The molecular formula is C30H36N2O2. The number of nitrogens with zero attached hydrogens (tertiary/aromatic N) is 1. The average Bonchev–Trinajstić information content (AvgIpc) is 2.81. The highest BCUT2D eigenvalue weighted by Crippen LogP contribution is 2.19. The molecule has 178 valence electrons. The minimum atomic E-state index is -0.599.